The van der Waals surface area contributed by atoms with Gasteiger partial charge in [0.05, 0.1) is 5.92 Å². The van der Waals surface area contributed by atoms with Gasteiger partial charge < -0.3 is 10.2 Å². The molecule has 1 aromatic heterocycles. The van der Waals surface area contributed by atoms with Gasteiger partial charge in [0.2, 0.25) is 0 Å². The molecule has 1 heterocycles. The van der Waals surface area contributed by atoms with Crippen LogP contribution in [0.1, 0.15) is 17.7 Å². The Labute approximate surface area is 116 Å². The molecule has 108 valence electrons. The summed E-state index contributed by atoms with van der Waals surface area (Å²) in [5.74, 6) is -7.51. The average molecular weight is 301 g/mol. The van der Waals surface area contributed by atoms with E-state index in [-0.39, 0.29) is 4.88 Å². The SMILES string of the molecule is CC(=O)C(C(=O)O)C(c1cccs1)C(C(=O)O)[N+](=O)[O-]. The van der Waals surface area contributed by atoms with Gasteiger partial charge in [0, 0.05) is 9.80 Å². The Morgan fingerprint density at radius 2 is 1.90 bits per heavy atom. The number of carboxylic acid groups (broad SMARTS) is 2. The summed E-state index contributed by atoms with van der Waals surface area (Å²) >= 11 is 0.974. The van der Waals surface area contributed by atoms with Gasteiger partial charge in [-0.25, -0.2) is 4.79 Å². The van der Waals surface area contributed by atoms with Crippen LogP contribution in [0, 0.1) is 16.0 Å². The Balaban J connectivity index is 3.41. The first-order valence-electron chi connectivity index (χ1n) is 5.40. The lowest BCUT2D eigenvalue weighted by Gasteiger charge is -2.21. The van der Waals surface area contributed by atoms with Gasteiger partial charge >= 0.3 is 18.0 Å². The second kappa shape index (κ2) is 6.24. The van der Waals surface area contributed by atoms with E-state index >= 15 is 0 Å². The summed E-state index contributed by atoms with van der Waals surface area (Å²) in [6.45, 7) is 0.970. The summed E-state index contributed by atoms with van der Waals surface area (Å²) < 4.78 is 0. The van der Waals surface area contributed by atoms with Crippen LogP contribution in [0.4, 0.5) is 0 Å². The van der Waals surface area contributed by atoms with E-state index < -0.39 is 40.5 Å². The van der Waals surface area contributed by atoms with Gasteiger partial charge in [-0.2, -0.15) is 0 Å². The quantitative estimate of drug-likeness (QED) is 0.433. The highest BCUT2D eigenvalue weighted by atomic mass is 32.1. The zero-order chi connectivity index (χ0) is 15.4. The summed E-state index contributed by atoms with van der Waals surface area (Å²) in [4.78, 5) is 43.8. The third-order valence-corrected chi connectivity index (χ3v) is 3.73. The number of nitrogens with zero attached hydrogens (tertiary/aromatic N) is 1. The number of thiophene rings is 1. The molecule has 2 N–H and O–H groups in total. The van der Waals surface area contributed by atoms with Crippen LogP contribution in [0.15, 0.2) is 17.5 Å². The predicted octanol–water partition coefficient (Wildman–Crippen LogP) is 0.851. The van der Waals surface area contributed by atoms with Gasteiger partial charge in [0.25, 0.3) is 0 Å². The van der Waals surface area contributed by atoms with Crippen LogP contribution in [0.3, 0.4) is 0 Å². The van der Waals surface area contributed by atoms with Crippen LogP contribution in [0.25, 0.3) is 0 Å². The molecule has 0 aliphatic rings. The van der Waals surface area contributed by atoms with Crippen molar-refractivity contribution in [3.8, 4) is 0 Å². The molecule has 0 aromatic carbocycles. The van der Waals surface area contributed by atoms with E-state index in [1.807, 2.05) is 0 Å². The molecule has 9 heteroatoms. The van der Waals surface area contributed by atoms with E-state index in [0.29, 0.717) is 0 Å². The molecule has 0 aliphatic carbocycles. The summed E-state index contributed by atoms with van der Waals surface area (Å²) in [5.41, 5.74) is 0. The highest BCUT2D eigenvalue weighted by Crippen LogP contribution is 2.34. The topological polar surface area (TPSA) is 135 Å². The lowest BCUT2D eigenvalue weighted by atomic mass is 9.82. The number of carboxylic acids is 2. The van der Waals surface area contributed by atoms with Crippen molar-refractivity contribution >= 4 is 29.1 Å². The van der Waals surface area contributed by atoms with E-state index in [1.54, 1.807) is 0 Å². The maximum atomic E-state index is 11.5. The monoisotopic (exact) mass is 301 g/mol. The van der Waals surface area contributed by atoms with Crippen LogP contribution in [-0.4, -0.2) is 38.9 Å². The first kappa shape index (κ1) is 15.8. The number of carbonyl (C=O) groups is 3. The van der Waals surface area contributed by atoms with Crippen molar-refractivity contribution in [2.45, 2.75) is 18.9 Å². The summed E-state index contributed by atoms with van der Waals surface area (Å²) in [6, 6.07) is 0.692. The molecular formula is C11H11NO7S. The van der Waals surface area contributed by atoms with Gasteiger partial charge in [-0.1, -0.05) is 6.07 Å². The fourth-order valence-electron chi connectivity index (χ4n) is 1.94. The zero-order valence-corrected chi connectivity index (χ0v) is 11.1. The number of aliphatic carboxylic acids is 2. The number of carbonyl (C=O) groups excluding carboxylic acids is 1. The Hall–Kier alpha value is -2.29. The van der Waals surface area contributed by atoms with Gasteiger partial charge in [-0.15, -0.1) is 11.3 Å². The summed E-state index contributed by atoms with van der Waals surface area (Å²) in [5, 5.41) is 30.6. The molecule has 3 unspecified atom stereocenters. The molecule has 0 aliphatic heterocycles. The second-order valence-corrected chi connectivity index (χ2v) is 5.02. The van der Waals surface area contributed by atoms with Crippen LogP contribution < -0.4 is 0 Å². The van der Waals surface area contributed by atoms with E-state index in [9.17, 15) is 24.5 Å². The van der Waals surface area contributed by atoms with Gasteiger partial charge in [0.15, 0.2) is 0 Å². The van der Waals surface area contributed by atoms with Crippen molar-refractivity contribution in [1.29, 1.82) is 0 Å². The predicted molar refractivity (Wildman–Crippen MR) is 67.3 cm³/mol. The maximum absolute atomic E-state index is 11.5. The molecule has 8 nitrogen and oxygen atoms in total. The first-order chi connectivity index (χ1) is 9.27. The molecule has 1 aromatic rings. The van der Waals surface area contributed by atoms with E-state index in [4.69, 9.17) is 10.2 Å². The normalized spacial score (nSPS) is 15.1. The third kappa shape index (κ3) is 3.18. The lowest BCUT2D eigenvalue weighted by molar-refractivity contribution is -0.515. The van der Waals surface area contributed by atoms with E-state index in [2.05, 4.69) is 0 Å². The van der Waals surface area contributed by atoms with Crippen LogP contribution in [0.5, 0.6) is 0 Å². The van der Waals surface area contributed by atoms with Crippen molar-refractivity contribution in [2.75, 3.05) is 0 Å². The summed E-state index contributed by atoms with van der Waals surface area (Å²) in [7, 11) is 0. The van der Waals surface area contributed by atoms with Gasteiger partial charge in [-0.05, 0) is 18.4 Å². The maximum Gasteiger partial charge on any atom is 0.379 e. The van der Waals surface area contributed by atoms with E-state index in [1.165, 1.54) is 17.5 Å². The minimum atomic E-state index is -2.20. The standard InChI is InChI=1S/C11H11NO7S/c1-5(13)7(10(14)15)8(6-3-2-4-20-6)9(11(16)17)12(18)19/h2-4,7-9H,1H3,(H,14,15)(H,16,17). The largest absolute Gasteiger partial charge is 0.481 e. The average Bonchev–Trinajstić information content (AvgIpc) is 2.78. The molecule has 0 radical (unpaired) electrons. The molecule has 1 rings (SSSR count). The minimum Gasteiger partial charge on any atom is -0.481 e. The van der Waals surface area contributed by atoms with Crippen LogP contribution in [0.2, 0.25) is 0 Å². The van der Waals surface area contributed by atoms with Crippen molar-refractivity contribution in [1.82, 2.24) is 0 Å². The molecule has 0 saturated carbocycles. The molecule has 3 atom stereocenters. The molecule has 20 heavy (non-hydrogen) atoms. The molecule has 0 fully saturated rings. The Kier molecular flexibility index (Phi) is 4.92. The fourth-order valence-corrected chi connectivity index (χ4v) is 2.83. The Morgan fingerprint density at radius 3 is 2.20 bits per heavy atom. The number of hydrogen-bond acceptors (Lipinski definition) is 6. The van der Waals surface area contributed by atoms with Gasteiger partial charge in [-0.3, -0.25) is 19.7 Å². The number of ketones is 1. The highest BCUT2D eigenvalue weighted by Gasteiger charge is 2.49. The Bertz CT molecular complexity index is 479. The smallest absolute Gasteiger partial charge is 0.379 e. The van der Waals surface area contributed by atoms with Gasteiger partial charge in [0.1, 0.15) is 11.7 Å². The zero-order valence-electron chi connectivity index (χ0n) is 10.3. The first-order valence-corrected chi connectivity index (χ1v) is 6.28. The van der Waals surface area contributed by atoms with Crippen LogP contribution in [-0.2, 0) is 14.4 Å². The van der Waals surface area contributed by atoms with Crippen molar-refractivity contribution < 1.29 is 29.5 Å². The molecule has 0 spiro atoms. The number of hydrogen-bond donors (Lipinski definition) is 2. The fraction of sp³-hybridized carbons (Fsp3) is 0.364. The van der Waals surface area contributed by atoms with Crippen LogP contribution >= 0.6 is 11.3 Å². The molecule has 0 amide bonds. The van der Waals surface area contributed by atoms with Crippen molar-refractivity contribution in [3.05, 3.63) is 32.5 Å². The highest BCUT2D eigenvalue weighted by molar-refractivity contribution is 7.10. The minimum absolute atomic E-state index is 0.178. The number of nitro groups is 1. The van der Waals surface area contributed by atoms with Crippen molar-refractivity contribution in [3.63, 3.8) is 0 Å². The number of rotatable bonds is 7. The van der Waals surface area contributed by atoms with Crippen molar-refractivity contribution in [2.24, 2.45) is 5.92 Å². The van der Waals surface area contributed by atoms with E-state index in [0.717, 1.165) is 18.3 Å². The molecule has 0 bridgehead atoms. The molecular weight excluding hydrogens is 290 g/mol. The summed E-state index contributed by atoms with van der Waals surface area (Å²) in [6.07, 6.45) is 0. The number of Topliss-reactive ketones (excluding diaryl/α,β-unsaturated/α-hetero) is 1. The Morgan fingerprint density at radius 1 is 1.30 bits per heavy atom. The molecule has 0 saturated heterocycles. The third-order valence-electron chi connectivity index (χ3n) is 2.76. The lowest BCUT2D eigenvalue weighted by Crippen LogP contribution is -2.43. The second-order valence-electron chi connectivity index (χ2n) is 4.04.